The summed E-state index contributed by atoms with van der Waals surface area (Å²) >= 11 is 0. The highest BCUT2D eigenvalue weighted by atomic mass is 16.2. The lowest BCUT2D eigenvalue weighted by molar-refractivity contribution is -0.137. The SMILES string of the molecule is CCC[C@H]1NC(=O)[C@@H](CCC)NC1=O. The largest absolute Gasteiger partial charge is 0.343 e. The van der Waals surface area contributed by atoms with Gasteiger partial charge in [0.15, 0.2) is 0 Å². The number of rotatable bonds is 4. The zero-order chi connectivity index (χ0) is 10.6. The molecule has 4 nitrogen and oxygen atoms in total. The molecule has 0 aromatic rings. The molecule has 1 aliphatic rings. The average Bonchev–Trinajstić information content (AvgIpc) is 2.14. The Morgan fingerprint density at radius 1 is 0.929 bits per heavy atom. The van der Waals surface area contributed by atoms with Crippen LogP contribution < -0.4 is 10.6 Å². The van der Waals surface area contributed by atoms with E-state index >= 15 is 0 Å². The summed E-state index contributed by atoms with van der Waals surface area (Å²) in [6.07, 6.45) is 3.24. The minimum absolute atomic E-state index is 0.0371. The van der Waals surface area contributed by atoms with Crippen molar-refractivity contribution < 1.29 is 9.59 Å². The maximum absolute atomic E-state index is 11.5. The normalized spacial score (nSPS) is 27.0. The predicted molar refractivity (Wildman–Crippen MR) is 53.7 cm³/mol. The lowest BCUT2D eigenvalue weighted by atomic mass is 10.0. The van der Waals surface area contributed by atoms with E-state index in [0.717, 1.165) is 25.7 Å². The summed E-state index contributed by atoms with van der Waals surface area (Å²) < 4.78 is 0. The van der Waals surface area contributed by atoms with E-state index < -0.39 is 0 Å². The van der Waals surface area contributed by atoms with Gasteiger partial charge in [-0.3, -0.25) is 9.59 Å². The molecule has 2 N–H and O–H groups in total. The Bertz CT molecular complexity index is 204. The van der Waals surface area contributed by atoms with Crippen LogP contribution in [0.2, 0.25) is 0 Å². The Morgan fingerprint density at radius 2 is 1.29 bits per heavy atom. The first-order valence-electron chi connectivity index (χ1n) is 5.29. The Labute approximate surface area is 84.4 Å². The topological polar surface area (TPSA) is 58.2 Å². The molecular weight excluding hydrogens is 180 g/mol. The third-order valence-corrected chi connectivity index (χ3v) is 2.42. The van der Waals surface area contributed by atoms with Crippen LogP contribution in [0.4, 0.5) is 0 Å². The average molecular weight is 198 g/mol. The minimum atomic E-state index is -0.319. The number of carbonyl (C=O) groups is 2. The van der Waals surface area contributed by atoms with Crippen molar-refractivity contribution in [2.24, 2.45) is 0 Å². The van der Waals surface area contributed by atoms with E-state index in [1.165, 1.54) is 0 Å². The molecule has 1 saturated heterocycles. The molecule has 1 rings (SSSR count). The summed E-state index contributed by atoms with van der Waals surface area (Å²) in [6.45, 7) is 4.00. The summed E-state index contributed by atoms with van der Waals surface area (Å²) in [4.78, 5) is 23.0. The predicted octanol–water partition coefficient (Wildman–Crippen LogP) is 0.570. The summed E-state index contributed by atoms with van der Waals surface area (Å²) in [5.74, 6) is -0.0743. The van der Waals surface area contributed by atoms with Crippen molar-refractivity contribution in [1.82, 2.24) is 10.6 Å². The highest BCUT2D eigenvalue weighted by Gasteiger charge is 2.31. The lowest BCUT2D eigenvalue weighted by Gasteiger charge is -2.29. The van der Waals surface area contributed by atoms with Crippen molar-refractivity contribution in [3.8, 4) is 0 Å². The van der Waals surface area contributed by atoms with Crippen LogP contribution in [0.25, 0.3) is 0 Å². The maximum Gasteiger partial charge on any atom is 0.243 e. The Morgan fingerprint density at radius 3 is 1.57 bits per heavy atom. The van der Waals surface area contributed by atoms with Gasteiger partial charge in [-0.1, -0.05) is 26.7 Å². The molecule has 1 fully saturated rings. The van der Waals surface area contributed by atoms with E-state index in [-0.39, 0.29) is 23.9 Å². The van der Waals surface area contributed by atoms with Crippen LogP contribution in [0.1, 0.15) is 39.5 Å². The Kier molecular flexibility index (Phi) is 3.92. The van der Waals surface area contributed by atoms with Gasteiger partial charge in [0, 0.05) is 0 Å². The van der Waals surface area contributed by atoms with Crippen LogP contribution in [0.3, 0.4) is 0 Å². The fraction of sp³-hybridized carbons (Fsp3) is 0.800. The van der Waals surface area contributed by atoms with Gasteiger partial charge in [0.1, 0.15) is 12.1 Å². The molecule has 14 heavy (non-hydrogen) atoms. The van der Waals surface area contributed by atoms with Gasteiger partial charge in [0.05, 0.1) is 0 Å². The summed E-state index contributed by atoms with van der Waals surface area (Å²) in [7, 11) is 0. The number of carbonyl (C=O) groups excluding carboxylic acids is 2. The first kappa shape index (κ1) is 11.0. The van der Waals surface area contributed by atoms with Crippen LogP contribution in [0.5, 0.6) is 0 Å². The number of hydrogen-bond donors (Lipinski definition) is 2. The summed E-state index contributed by atoms with van der Waals surface area (Å²) in [5, 5.41) is 5.50. The van der Waals surface area contributed by atoms with Crippen LogP contribution in [0.15, 0.2) is 0 Å². The van der Waals surface area contributed by atoms with Gasteiger partial charge in [0.25, 0.3) is 0 Å². The number of nitrogens with one attached hydrogen (secondary N) is 2. The fourth-order valence-electron chi connectivity index (χ4n) is 1.66. The van der Waals surface area contributed by atoms with Gasteiger partial charge in [-0.05, 0) is 12.8 Å². The molecule has 1 heterocycles. The van der Waals surface area contributed by atoms with Crippen molar-refractivity contribution in [3.63, 3.8) is 0 Å². The quantitative estimate of drug-likeness (QED) is 0.694. The summed E-state index contributed by atoms with van der Waals surface area (Å²) in [6, 6.07) is -0.638. The monoisotopic (exact) mass is 198 g/mol. The standard InChI is InChI=1S/C10H18N2O2/c1-3-5-7-9(13)12-8(6-4-2)10(14)11-7/h7-8H,3-6H2,1-2H3,(H,11,14)(H,12,13)/t7-,8-/m1/s1. The van der Waals surface area contributed by atoms with Gasteiger partial charge in [0.2, 0.25) is 11.8 Å². The highest BCUT2D eigenvalue weighted by Crippen LogP contribution is 2.07. The van der Waals surface area contributed by atoms with Crippen molar-refractivity contribution in [2.45, 2.75) is 51.6 Å². The van der Waals surface area contributed by atoms with Crippen molar-refractivity contribution in [3.05, 3.63) is 0 Å². The lowest BCUT2D eigenvalue weighted by Crippen LogP contribution is -2.61. The minimum Gasteiger partial charge on any atom is -0.343 e. The first-order chi connectivity index (χ1) is 6.69. The molecule has 0 spiro atoms. The third kappa shape index (κ3) is 2.47. The van der Waals surface area contributed by atoms with Crippen molar-refractivity contribution >= 4 is 11.8 Å². The molecule has 2 atom stereocenters. The molecule has 0 aromatic carbocycles. The second-order valence-corrected chi connectivity index (χ2v) is 3.70. The van der Waals surface area contributed by atoms with Gasteiger partial charge in [-0.25, -0.2) is 0 Å². The summed E-state index contributed by atoms with van der Waals surface area (Å²) in [5.41, 5.74) is 0. The molecule has 1 aliphatic heterocycles. The number of amides is 2. The van der Waals surface area contributed by atoms with Crippen LogP contribution in [-0.4, -0.2) is 23.9 Å². The Hall–Kier alpha value is -1.06. The van der Waals surface area contributed by atoms with E-state index in [2.05, 4.69) is 10.6 Å². The Balaban J connectivity index is 2.53. The molecule has 0 unspecified atom stereocenters. The number of piperazine rings is 1. The second kappa shape index (κ2) is 4.98. The molecule has 0 bridgehead atoms. The number of hydrogen-bond acceptors (Lipinski definition) is 2. The van der Waals surface area contributed by atoms with Crippen LogP contribution >= 0.6 is 0 Å². The zero-order valence-electron chi connectivity index (χ0n) is 8.80. The molecule has 80 valence electrons. The first-order valence-corrected chi connectivity index (χ1v) is 5.29. The van der Waals surface area contributed by atoms with E-state index in [1.54, 1.807) is 0 Å². The molecular formula is C10H18N2O2. The van der Waals surface area contributed by atoms with Crippen LogP contribution in [-0.2, 0) is 9.59 Å². The second-order valence-electron chi connectivity index (χ2n) is 3.70. The van der Waals surface area contributed by atoms with E-state index in [9.17, 15) is 9.59 Å². The van der Waals surface area contributed by atoms with Gasteiger partial charge < -0.3 is 10.6 Å². The van der Waals surface area contributed by atoms with Gasteiger partial charge in [-0.2, -0.15) is 0 Å². The van der Waals surface area contributed by atoms with Crippen molar-refractivity contribution in [2.75, 3.05) is 0 Å². The molecule has 0 aliphatic carbocycles. The molecule has 0 radical (unpaired) electrons. The molecule has 4 heteroatoms. The van der Waals surface area contributed by atoms with E-state index in [1.807, 2.05) is 13.8 Å². The van der Waals surface area contributed by atoms with Crippen LogP contribution in [0, 0.1) is 0 Å². The van der Waals surface area contributed by atoms with E-state index in [4.69, 9.17) is 0 Å². The van der Waals surface area contributed by atoms with Gasteiger partial charge >= 0.3 is 0 Å². The third-order valence-electron chi connectivity index (χ3n) is 2.42. The molecule has 0 saturated carbocycles. The molecule has 2 amide bonds. The van der Waals surface area contributed by atoms with E-state index in [0.29, 0.717) is 0 Å². The van der Waals surface area contributed by atoms with Crippen molar-refractivity contribution in [1.29, 1.82) is 0 Å². The zero-order valence-corrected chi connectivity index (χ0v) is 8.80. The maximum atomic E-state index is 11.5. The van der Waals surface area contributed by atoms with Gasteiger partial charge in [-0.15, -0.1) is 0 Å². The smallest absolute Gasteiger partial charge is 0.243 e. The molecule has 0 aromatic heterocycles. The highest BCUT2D eigenvalue weighted by molar-refractivity contribution is 5.96. The fourth-order valence-corrected chi connectivity index (χ4v) is 1.66.